The van der Waals surface area contributed by atoms with Gasteiger partial charge in [-0.05, 0) is 12.1 Å². The number of benzene rings is 1. The van der Waals surface area contributed by atoms with Crippen LogP contribution in [0.5, 0.6) is 11.5 Å². The topological polar surface area (TPSA) is 44.8 Å². The fourth-order valence-electron chi connectivity index (χ4n) is 1.42. The molecule has 0 radical (unpaired) electrons. The minimum Gasteiger partial charge on any atom is -0.462 e. The Balaban J connectivity index is 2.04. The number of carbonyl (C=O) groups excluding carboxylic acids is 1. The van der Waals surface area contributed by atoms with Gasteiger partial charge in [0.2, 0.25) is 6.79 Å². The van der Waals surface area contributed by atoms with Gasteiger partial charge in [-0.2, -0.15) is 0 Å². The van der Waals surface area contributed by atoms with Gasteiger partial charge in [0.15, 0.2) is 11.5 Å². The van der Waals surface area contributed by atoms with Crippen LogP contribution in [-0.2, 0) is 9.53 Å². The van der Waals surface area contributed by atoms with E-state index in [2.05, 4.69) is 0 Å². The van der Waals surface area contributed by atoms with Crippen LogP contribution >= 0.6 is 0 Å². The summed E-state index contributed by atoms with van der Waals surface area (Å²) < 4.78 is 15.4. The van der Waals surface area contributed by atoms with Gasteiger partial charge in [0, 0.05) is 12.5 Å². The quantitative estimate of drug-likeness (QED) is 0.731. The molecular formula is C12H12O4. The lowest BCUT2D eigenvalue weighted by Gasteiger charge is -2.00. The smallest absolute Gasteiger partial charge is 0.302 e. The van der Waals surface area contributed by atoms with Gasteiger partial charge in [0.05, 0.1) is 0 Å². The SMILES string of the molecule is CC(=O)OC/C=C/c1cccc2c1OCO2. The normalized spacial score (nSPS) is 13.1. The molecule has 1 aliphatic rings. The van der Waals surface area contributed by atoms with E-state index >= 15 is 0 Å². The largest absolute Gasteiger partial charge is 0.462 e. The highest BCUT2D eigenvalue weighted by Gasteiger charge is 2.15. The lowest BCUT2D eigenvalue weighted by molar-refractivity contribution is -0.139. The first-order valence-electron chi connectivity index (χ1n) is 4.96. The minimum atomic E-state index is -0.289. The molecule has 4 heteroatoms. The highest BCUT2D eigenvalue weighted by atomic mass is 16.7. The van der Waals surface area contributed by atoms with E-state index in [1.54, 1.807) is 6.08 Å². The van der Waals surface area contributed by atoms with E-state index in [4.69, 9.17) is 14.2 Å². The second-order valence-electron chi connectivity index (χ2n) is 3.29. The second-order valence-corrected chi connectivity index (χ2v) is 3.29. The number of esters is 1. The molecular weight excluding hydrogens is 208 g/mol. The molecule has 0 fully saturated rings. The van der Waals surface area contributed by atoms with Crippen LogP contribution in [0.1, 0.15) is 12.5 Å². The maximum atomic E-state index is 10.5. The van der Waals surface area contributed by atoms with Gasteiger partial charge in [0.25, 0.3) is 0 Å². The Labute approximate surface area is 93.4 Å². The highest BCUT2D eigenvalue weighted by molar-refractivity contribution is 5.66. The third kappa shape index (κ3) is 2.34. The Hall–Kier alpha value is -1.97. The molecule has 0 aliphatic carbocycles. The monoisotopic (exact) mass is 220 g/mol. The standard InChI is InChI=1S/C12H12O4/c1-9(13)14-7-3-5-10-4-2-6-11-12(10)16-8-15-11/h2-6H,7-8H2,1H3/b5-3+. The molecule has 0 amide bonds. The van der Waals surface area contributed by atoms with Crippen molar-refractivity contribution in [2.75, 3.05) is 13.4 Å². The number of carbonyl (C=O) groups is 1. The number of hydrogen-bond donors (Lipinski definition) is 0. The summed E-state index contributed by atoms with van der Waals surface area (Å²) in [5.41, 5.74) is 0.919. The molecule has 0 N–H and O–H groups in total. The summed E-state index contributed by atoms with van der Waals surface area (Å²) in [7, 11) is 0. The summed E-state index contributed by atoms with van der Waals surface area (Å²) in [4.78, 5) is 10.5. The predicted molar refractivity (Wildman–Crippen MR) is 58.2 cm³/mol. The first-order chi connectivity index (χ1) is 7.77. The predicted octanol–water partition coefficient (Wildman–Crippen LogP) is 1.99. The average molecular weight is 220 g/mol. The van der Waals surface area contributed by atoms with Gasteiger partial charge in [-0.15, -0.1) is 0 Å². The summed E-state index contributed by atoms with van der Waals surface area (Å²) in [6.45, 7) is 1.90. The fourth-order valence-corrected chi connectivity index (χ4v) is 1.42. The first-order valence-corrected chi connectivity index (χ1v) is 4.96. The van der Waals surface area contributed by atoms with Crippen LogP contribution in [0.2, 0.25) is 0 Å². The molecule has 0 unspecified atom stereocenters. The molecule has 1 aromatic carbocycles. The van der Waals surface area contributed by atoms with Crippen LogP contribution in [0.4, 0.5) is 0 Å². The maximum Gasteiger partial charge on any atom is 0.302 e. The Morgan fingerprint density at radius 3 is 3.19 bits per heavy atom. The zero-order valence-corrected chi connectivity index (χ0v) is 8.93. The van der Waals surface area contributed by atoms with E-state index in [9.17, 15) is 4.79 Å². The van der Waals surface area contributed by atoms with Crippen molar-refractivity contribution in [3.05, 3.63) is 29.8 Å². The van der Waals surface area contributed by atoms with Crippen LogP contribution in [0.3, 0.4) is 0 Å². The average Bonchev–Trinajstić information content (AvgIpc) is 2.72. The van der Waals surface area contributed by atoms with Crippen molar-refractivity contribution in [1.29, 1.82) is 0 Å². The highest BCUT2D eigenvalue weighted by Crippen LogP contribution is 2.35. The van der Waals surface area contributed by atoms with Crippen molar-refractivity contribution in [1.82, 2.24) is 0 Å². The van der Waals surface area contributed by atoms with Crippen LogP contribution in [-0.4, -0.2) is 19.4 Å². The summed E-state index contributed by atoms with van der Waals surface area (Å²) in [5, 5.41) is 0. The maximum absolute atomic E-state index is 10.5. The molecule has 0 saturated heterocycles. The Morgan fingerprint density at radius 2 is 2.38 bits per heavy atom. The van der Waals surface area contributed by atoms with Crippen molar-refractivity contribution in [2.24, 2.45) is 0 Å². The minimum absolute atomic E-state index is 0.254. The third-order valence-electron chi connectivity index (χ3n) is 2.11. The molecule has 0 atom stereocenters. The van der Waals surface area contributed by atoms with Gasteiger partial charge in [-0.3, -0.25) is 4.79 Å². The molecule has 1 aromatic rings. The van der Waals surface area contributed by atoms with Crippen molar-refractivity contribution in [2.45, 2.75) is 6.92 Å². The second kappa shape index (κ2) is 4.70. The Bertz CT molecular complexity index is 423. The van der Waals surface area contributed by atoms with E-state index in [1.165, 1.54) is 6.92 Å². The van der Waals surface area contributed by atoms with E-state index in [1.807, 2.05) is 24.3 Å². The molecule has 0 saturated carbocycles. The zero-order chi connectivity index (χ0) is 11.4. The molecule has 0 aromatic heterocycles. The summed E-state index contributed by atoms with van der Waals surface area (Å²) in [5.74, 6) is 1.19. The molecule has 1 aliphatic heterocycles. The van der Waals surface area contributed by atoms with Gasteiger partial charge in [-0.1, -0.05) is 18.2 Å². The number of rotatable bonds is 3. The van der Waals surface area contributed by atoms with Crippen molar-refractivity contribution < 1.29 is 19.0 Å². The lowest BCUT2D eigenvalue weighted by Crippen LogP contribution is -1.97. The van der Waals surface area contributed by atoms with Crippen LogP contribution in [0, 0.1) is 0 Å². The molecule has 84 valence electrons. The Kier molecular flexibility index (Phi) is 3.10. The van der Waals surface area contributed by atoms with E-state index in [0.717, 1.165) is 17.1 Å². The van der Waals surface area contributed by atoms with Crippen LogP contribution in [0.25, 0.3) is 6.08 Å². The lowest BCUT2D eigenvalue weighted by atomic mass is 10.2. The number of fused-ring (bicyclic) bond motifs is 1. The Morgan fingerprint density at radius 1 is 1.50 bits per heavy atom. The molecule has 2 rings (SSSR count). The zero-order valence-electron chi connectivity index (χ0n) is 8.93. The van der Waals surface area contributed by atoms with E-state index < -0.39 is 0 Å². The van der Waals surface area contributed by atoms with E-state index in [-0.39, 0.29) is 19.4 Å². The molecule has 1 heterocycles. The summed E-state index contributed by atoms with van der Waals surface area (Å²) >= 11 is 0. The van der Waals surface area contributed by atoms with Crippen LogP contribution in [0.15, 0.2) is 24.3 Å². The van der Waals surface area contributed by atoms with Crippen molar-refractivity contribution >= 4 is 12.0 Å². The van der Waals surface area contributed by atoms with Crippen molar-refractivity contribution in [3.8, 4) is 11.5 Å². The number of ether oxygens (including phenoxy) is 3. The summed E-state index contributed by atoms with van der Waals surface area (Å²) in [6.07, 6.45) is 3.61. The third-order valence-corrected chi connectivity index (χ3v) is 2.11. The summed E-state index contributed by atoms with van der Waals surface area (Å²) in [6, 6.07) is 5.66. The van der Waals surface area contributed by atoms with Gasteiger partial charge in [-0.25, -0.2) is 0 Å². The molecule has 0 spiro atoms. The van der Waals surface area contributed by atoms with Crippen molar-refractivity contribution in [3.63, 3.8) is 0 Å². The first kappa shape index (κ1) is 10.5. The fraction of sp³-hybridized carbons (Fsp3) is 0.250. The number of para-hydroxylation sites is 1. The van der Waals surface area contributed by atoms with Gasteiger partial charge < -0.3 is 14.2 Å². The van der Waals surface area contributed by atoms with Crippen LogP contribution < -0.4 is 9.47 Å². The van der Waals surface area contributed by atoms with Gasteiger partial charge >= 0.3 is 5.97 Å². The molecule has 16 heavy (non-hydrogen) atoms. The van der Waals surface area contributed by atoms with E-state index in [0.29, 0.717) is 0 Å². The number of hydrogen-bond acceptors (Lipinski definition) is 4. The molecule has 0 bridgehead atoms. The molecule has 4 nitrogen and oxygen atoms in total. The van der Waals surface area contributed by atoms with Gasteiger partial charge in [0.1, 0.15) is 6.61 Å².